The number of amides is 1. The van der Waals surface area contributed by atoms with Crippen molar-refractivity contribution in [3.63, 3.8) is 0 Å². The fraction of sp³-hybridized carbons (Fsp3) is 0.727. The molecule has 9 heteroatoms. The third-order valence-electron chi connectivity index (χ3n) is 6.30. The third kappa shape index (κ3) is 5.42. The van der Waals surface area contributed by atoms with Crippen LogP contribution in [0.25, 0.3) is 0 Å². The number of piperidine rings is 1. The number of hydroxylamine groups is 2. The van der Waals surface area contributed by atoms with Gasteiger partial charge in [-0.25, -0.2) is 0 Å². The Labute approximate surface area is 204 Å². The predicted octanol–water partition coefficient (Wildman–Crippen LogP) is 5.72. The van der Waals surface area contributed by atoms with Crippen molar-refractivity contribution in [2.45, 2.75) is 88.1 Å². The van der Waals surface area contributed by atoms with Gasteiger partial charge in [-0.15, -0.1) is 21.4 Å². The molecule has 1 amide bonds. The van der Waals surface area contributed by atoms with E-state index in [2.05, 4.69) is 58.1 Å². The first-order chi connectivity index (χ1) is 14.2. The van der Waals surface area contributed by atoms with Crippen LogP contribution >= 0.6 is 46.1 Å². The number of rotatable bonds is 5. The van der Waals surface area contributed by atoms with E-state index in [9.17, 15) is 4.79 Å². The minimum absolute atomic E-state index is 0.0676. The second kappa shape index (κ2) is 8.77. The lowest BCUT2D eigenvalue weighted by atomic mass is 9.82. The maximum atomic E-state index is 12.6. The van der Waals surface area contributed by atoms with Crippen LogP contribution < -0.4 is 5.43 Å². The van der Waals surface area contributed by atoms with Crippen molar-refractivity contribution in [3.05, 3.63) is 22.4 Å². The summed E-state index contributed by atoms with van der Waals surface area (Å²) in [5.41, 5.74) is 3.55. The van der Waals surface area contributed by atoms with Crippen LogP contribution in [0, 0.1) is 5.41 Å². The monoisotopic (exact) mass is 508 g/mol. The van der Waals surface area contributed by atoms with E-state index in [1.807, 2.05) is 16.1 Å². The van der Waals surface area contributed by atoms with E-state index in [4.69, 9.17) is 39.6 Å². The molecule has 2 aliphatic rings. The van der Waals surface area contributed by atoms with Crippen molar-refractivity contribution in [1.29, 1.82) is 0 Å². The largest absolute Gasteiger partial charge is 0.325 e. The molecule has 0 aromatic carbocycles. The van der Waals surface area contributed by atoms with Gasteiger partial charge in [0.15, 0.2) is 0 Å². The highest BCUT2D eigenvalue weighted by atomic mass is 35.6. The van der Waals surface area contributed by atoms with Crippen LogP contribution in [0.5, 0.6) is 0 Å². The lowest BCUT2D eigenvalue weighted by Crippen LogP contribution is -2.59. The van der Waals surface area contributed by atoms with Gasteiger partial charge in [0, 0.05) is 17.5 Å². The number of hydrogen-bond acceptors (Lipinski definition) is 4. The number of carbonyl (C=O) groups is 1. The van der Waals surface area contributed by atoms with Gasteiger partial charge in [-0.05, 0) is 72.3 Å². The topological polar surface area (TPSA) is 44.6 Å². The lowest BCUT2D eigenvalue weighted by molar-refractivity contribution is -0.608. The zero-order chi connectivity index (χ0) is 23.2. The Morgan fingerprint density at radius 2 is 1.84 bits per heavy atom. The molecule has 1 N–H and O–H groups in total. The summed E-state index contributed by atoms with van der Waals surface area (Å²) in [6, 6.07) is 3.95. The van der Waals surface area contributed by atoms with Crippen molar-refractivity contribution in [2.24, 2.45) is 5.41 Å². The van der Waals surface area contributed by atoms with Crippen molar-refractivity contribution >= 4 is 57.8 Å². The van der Waals surface area contributed by atoms with Crippen molar-refractivity contribution < 1.29 is 14.3 Å². The minimum atomic E-state index is -2.05. The fourth-order valence-corrected chi connectivity index (χ4v) is 6.16. The second-order valence-electron chi connectivity index (χ2n) is 10.4. The summed E-state index contributed by atoms with van der Waals surface area (Å²) < 4.78 is -0.185. The molecule has 5 nitrogen and oxygen atoms in total. The fourth-order valence-electron chi connectivity index (χ4n) is 5.09. The van der Waals surface area contributed by atoms with Crippen LogP contribution in [-0.2, 0) is 9.63 Å². The van der Waals surface area contributed by atoms with Crippen molar-refractivity contribution in [2.75, 3.05) is 6.61 Å². The van der Waals surface area contributed by atoms with E-state index in [0.717, 1.165) is 29.9 Å². The number of thiophene rings is 1. The molecule has 31 heavy (non-hydrogen) atoms. The molecule has 1 atom stereocenters. The quantitative estimate of drug-likeness (QED) is 0.407. The number of halogens is 3. The van der Waals surface area contributed by atoms with E-state index in [-0.39, 0.29) is 22.5 Å². The highest BCUT2D eigenvalue weighted by Gasteiger charge is 2.52. The summed E-state index contributed by atoms with van der Waals surface area (Å²) in [7, 11) is 0. The summed E-state index contributed by atoms with van der Waals surface area (Å²) >= 11 is 19.2. The van der Waals surface area contributed by atoms with Crippen molar-refractivity contribution in [3.8, 4) is 0 Å². The van der Waals surface area contributed by atoms with Crippen LogP contribution in [0.15, 0.2) is 17.5 Å². The second-order valence-corrected chi connectivity index (χ2v) is 13.7. The first kappa shape index (κ1) is 25.3. The molecule has 3 rings (SSSR count). The van der Waals surface area contributed by atoms with E-state index in [1.165, 1.54) is 6.42 Å². The molecule has 0 spiro atoms. The van der Waals surface area contributed by atoms with Gasteiger partial charge in [-0.2, -0.15) is 5.06 Å². The normalized spacial score (nSPS) is 25.6. The SMILES string of the molecule is CC1(C)CC(CON2C(C)(C)CCCC2(C)C)[N+](NC(=O)C(Cl)(Cl)Cl)=C1c1cccs1. The van der Waals surface area contributed by atoms with Gasteiger partial charge in [-0.3, -0.25) is 9.63 Å². The molecular weight excluding hydrogens is 477 g/mol. The predicted molar refractivity (Wildman–Crippen MR) is 129 cm³/mol. The van der Waals surface area contributed by atoms with Crippen LogP contribution in [0.1, 0.15) is 72.1 Å². The molecule has 0 radical (unpaired) electrons. The van der Waals surface area contributed by atoms with E-state index < -0.39 is 9.70 Å². The van der Waals surface area contributed by atoms with E-state index in [1.54, 1.807) is 11.3 Å². The Bertz CT molecular complexity index is 829. The number of hydrazone groups is 1. The zero-order valence-electron chi connectivity index (χ0n) is 19.1. The molecule has 2 aliphatic heterocycles. The maximum absolute atomic E-state index is 12.6. The molecule has 0 bridgehead atoms. The summed E-state index contributed by atoms with van der Waals surface area (Å²) in [5.74, 6) is -0.673. The molecule has 1 aromatic heterocycles. The van der Waals surface area contributed by atoms with Gasteiger partial charge in [-0.1, -0.05) is 40.9 Å². The first-order valence-corrected chi connectivity index (χ1v) is 12.7. The zero-order valence-corrected chi connectivity index (χ0v) is 22.2. The standard InChI is InChI=1S/C22H32Cl3N3O2S/c1-19(2)13-15(14-30-28-20(3,4)10-8-11-21(28,5)6)27(26-18(29)22(23,24)25)17(19)16-9-7-12-31-16/h7,9,12,15H,8,10-11,13-14H2,1-6H3/p+1. The Hall–Kier alpha value is -0.370. The van der Waals surface area contributed by atoms with Crippen molar-refractivity contribution in [1.82, 2.24) is 10.5 Å². The number of alkyl halides is 3. The van der Waals surface area contributed by atoms with E-state index in [0.29, 0.717) is 6.61 Å². The Morgan fingerprint density at radius 3 is 2.35 bits per heavy atom. The highest BCUT2D eigenvalue weighted by Crippen LogP contribution is 2.40. The van der Waals surface area contributed by atoms with Gasteiger partial charge < -0.3 is 0 Å². The van der Waals surface area contributed by atoms with Crippen LogP contribution in [0.4, 0.5) is 0 Å². The molecule has 0 saturated carbocycles. The number of nitrogens with one attached hydrogen (secondary N) is 1. The Balaban J connectivity index is 1.92. The van der Waals surface area contributed by atoms with Gasteiger partial charge in [0.1, 0.15) is 6.61 Å². The number of nitrogens with zero attached hydrogens (tertiary/aromatic N) is 2. The van der Waals surface area contributed by atoms with Gasteiger partial charge >= 0.3 is 5.91 Å². The average molecular weight is 510 g/mol. The van der Waals surface area contributed by atoms with Crippen LogP contribution in [0.3, 0.4) is 0 Å². The van der Waals surface area contributed by atoms with Gasteiger partial charge in [0.2, 0.25) is 11.8 Å². The molecule has 1 fully saturated rings. The molecule has 1 aromatic rings. The Kier molecular flexibility index (Phi) is 7.14. The van der Waals surface area contributed by atoms with Gasteiger partial charge in [0.25, 0.3) is 3.79 Å². The number of carbonyl (C=O) groups excluding carboxylic acids is 1. The molecular formula is C22H33Cl3N3O2S+. The molecule has 3 heterocycles. The number of hydrazine groups is 1. The van der Waals surface area contributed by atoms with Gasteiger partial charge in [0.05, 0.1) is 10.3 Å². The average Bonchev–Trinajstić information content (AvgIpc) is 3.18. The summed E-state index contributed by atoms with van der Waals surface area (Å²) in [6.07, 6.45) is 4.13. The maximum Gasteiger partial charge on any atom is 0.325 e. The lowest BCUT2D eigenvalue weighted by Gasteiger charge is -2.51. The van der Waals surface area contributed by atoms with Crippen LogP contribution in [0.2, 0.25) is 0 Å². The summed E-state index contributed by atoms with van der Waals surface area (Å²) in [6.45, 7) is 13.6. The van der Waals surface area contributed by atoms with E-state index >= 15 is 0 Å². The third-order valence-corrected chi connectivity index (χ3v) is 7.69. The molecule has 1 saturated heterocycles. The smallest absolute Gasteiger partial charge is 0.291 e. The Morgan fingerprint density at radius 1 is 1.23 bits per heavy atom. The molecule has 0 aliphatic carbocycles. The molecule has 1 unspecified atom stereocenters. The minimum Gasteiger partial charge on any atom is -0.291 e. The number of hydrogen-bond donors (Lipinski definition) is 1. The summed E-state index contributed by atoms with van der Waals surface area (Å²) in [4.78, 5) is 20.2. The highest BCUT2D eigenvalue weighted by molar-refractivity contribution is 7.12. The van der Waals surface area contributed by atoms with Crippen LogP contribution in [-0.4, -0.2) is 48.9 Å². The first-order valence-electron chi connectivity index (χ1n) is 10.7. The summed E-state index contributed by atoms with van der Waals surface area (Å²) in [5, 5.41) is 4.17. The molecule has 174 valence electrons.